The van der Waals surface area contributed by atoms with E-state index in [1.54, 1.807) is 4.90 Å². The molecule has 2 unspecified atom stereocenters. The number of rotatable bonds is 4. The van der Waals surface area contributed by atoms with E-state index in [2.05, 4.69) is 4.90 Å². The molecule has 1 aromatic heterocycles. The van der Waals surface area contributed by atoms with Crippen molar-refractivity contribution in [3.8, 4) is 0 Å². The predicted octanol–water partition coefficient (Wildman–Crippen LogP) is 1.66. The van der Waals surface area contributed by atoms with Crippen molar-refractivity contribution in [3.05, 3.63) is 23.7 Å². The molecule has 0 aromatic carbocycles. The minimum absolute atomic E-state index is 0.111. The third-order valence-corrected chi connectivity index (χ3v) is 3.47. The highest BCUT2D eigenvalue weighted by Crippen LogP contribution is 2.12. The van der Waals surface area contributed by atoms with Crippen LogP contribution in [0, 0.1) is 6.92 Å². The lowest BCUT2D eigenvalue weighted by Gasteiger charge is -2.35. The first-order valence-electron chi connectivity index (χ1n) is 7.11. The first-order valence-corrected chi connectivity index (χ1v) is 7.11. The zero-order valence-electron chi connectivity index (χ0n) is 12.8. The summed E-state index contributed by atoms with van der Waals surface area (Å²) < 4.78 is 11.2. The fourth-order valence-corrected chi connectivity index (χ4v) is 2.62. The Hall–Kier alpha value is -1.33. The highest BCUT2D eigenvalue weighted by Gasteiger charge is 2.24. The molecule has 1 fully saturated rings. The Bertz CT molecular complexity index is 448. The molecule has 112 valence electrons. The second kappa shape index (κ2) is 6.41. The number of likely N-dealkylation sites (N-methyl/N-ethyl adjacent to an activating group) is 1. The number of ether oxygens (including phenoxy) is 1. The molecule has 5 heteroatoms. The maximum Gasteiger partial charge on any atom is 0.236 e. The molecule has 1 aliphatic rings. The lowest BCUT2D eigenvalue weighted by molar-refractivity contribution is -0.135. The third kappa shape index (κ3) is 4.08. The molecular formula is C15H24N2O3. The van der Waals surface area contributed by atoms with Crippen molar-refractivity contribution in [2.24, 2.45) is 0 Å². The van der Waals surface area contributed by atoms with Crippen molar-refractivity contribution in [1.82, 2.24) is 9.80 Å². The Morgan fingerprint density at radius 1 is 1.35 bits per heavy atom. The summed E-state index contributed by atoms with van der Waals surface area (Å²) in [5.41, 5.74) is 0. The highest BCUT2D eigenvalue weighted by molar-refractivity contribution is 5.77. The van der Waals surface area contributed by atoms with E-state index >= 15 is 0 Å². The average molecular weight is 280 g/mol. The largest absolute Gasteiger partial charge is 0.464 e. The van der Waals surface area contributed by atoms with Crippen LogP contribution in [0.4, 0.5) is 0 Å². The van der Waals surface area contributed by atoms with Crippen LogP contribution >= 0.6 is 0 Å². The first-order chi connectivity index (χ1) is 9.44. The minimum Gasteiger partial charge on any atom is -0.464 e. The molecule has 0 radical (unpaired) electrons. The van der Waals surface area contributed by atoms with E-state index in [1.165, 1.54) is 0 Å². The molecule has 2 heterocycles. The number of amides is 1. The lowest BCUT2D eigenvalue weighted by Crippen LogP contribution is -2.49. The van der Waals surface area contributed by atoms with Gasteiger partial charge in [-0.05, 0) is 32.9 Å². The van der Waals surface area contributed by atoms with Crippen LogP contribution < -0.4 is 0 Å². The summed E-state index contributed by atoms with van der Waals surface area (Å²) in [7, 11) is 1.81. The molecule has 2 atom stereocenters. The van der Waals surface area contributed by atoms with E-state index in [4.69, 9.17) is 9.15 Å². The van der Waals surface area contributed by atoms with E-state index in [0.29, 0.717) is 13.1 Å². The number of carbonyl (C=O) groups excluding carboxylic acids is 1. The molecule has 1 saturated heterocycles. The average Bonchev–Trinajstić information content (AvgIpc) is 2.73. The van der Waals surface area contributed by atoms with Gasteiger partial charge in [-0.2, -0.15) is 0 Å². The quantitative estimate of drug-likeness (QED) is 0.841. The number of nitrogens with zero attached hydrogens (tertiary/aromatic N) is 2. The smallest absolute Gasteiger partial charge is 0.236 e. The Labute approximate surface area is 120 Å². The fraction of sp³-hybridized carbons (Fsp3) is 0.667. The van der Waals surface area contributed by atoms with Gasteiger partial charge in [0.05, 0.1) is 25.3 Å². The van der Waals surface area contributed by atoms with E-state index in [-0.39, 0.29) is 18.1 Å². The molecule has 0 bridgehead atoms. The Balaban J connectivity index is 1.84. The second-order valence-corrected chi connectivity index (χ2v) is 5.71. The van der Waals surface area contributed by atoms with Gasteiger partial charge in [-0.15, -0.1) is 0 Å². The highest BCUT2D eigenvalue weighted by atomic mass is 16.5. The van der Waals surface area contributed by atoms with Crippen molar-refractivity contribution in [2.75, 3.05) is 26.7 Å². The molecule has 2 rings (SSSR count). The van der Waals surface area contributed by atoms with Crippen LogP contribution in [-0.4, -0.2) is 54.6 Å². The molecule has 0 N–H and O–H groups in total. The summed E-state index contributed by atoms with van der Waals surface area (Å²) in [5.74, 6) is 1.80. The zero-order chi connectivity index (χ0) is 14.7. The summed E-state index contributed by atoms with van der Waals surface area (Å²) in [6.07, 6.45) is 0.370. The number of carbonyl (C=O) groups is 1. The normalized spacial score (nSPS) is 23.8. The van der Waals surface area contributed by atoms with Gasteiger partial charge in [0.25, 0.3) is 0 Å². The Kier molecular flexibility index (Phi) is 4.83. The summed E-state index contributed by atoms with van der Waals surface area (Å²) in [6, 6.07) is 3.83. The molecule has 5 nitrogen and oxygen atoms in total. The first kappa shape index (κ1) is 15.1. The van der Waals surface area contributed by atoms with Gasteiger partial charge in [-0.25, -0.2) is 0 Å². The number of hydrogen-bond acceptors (Lipinski definition) is 4. The number of aryl methyl sites for hydroxylation is 1. The van der Waals surface area contributed by atoms with E-state index in [9.17, 15) is 4.79 Å². The number of morpholine rings is 1. The summed E-state index contributed by atoms with van der Waals surface area (Å²) >= 11 is 0. The van der Waals surface area contributed by atoms with E-state index in [0.717, 1.165) is 24.6 Å². The van der Waals surface area contributed by atoms with Crippen LogP contribution in [0.5, 0.6) is 0 Å². The lowest BCUT2D eigenvalue weighted by atomic mass is 10.2. The summed E-state index contributed by atoms with van der Waals surface area (Å²) in [6.45, 7) is 8.57. The van der Waals surface area contributed by atoms with Crippen LogP contribution in [0.3, 0.4) is 0 Å². The van der Waals surface area contributed by atoms with E-state index in [1.807, 2.05) is 40.0 Å². The molecule has 0 spiro atoms. The topological polar surface area (TPSA) is 45.9 Å². The maximum atomic E-state index is 12.2. The van der Waals surface area contributed by atoms with Gasteiger partial charge in [-0.1, -0.05) is 0 Å². The molecule has 1 amide bonds. The van der Waals surface area contributed by atoms with Gasteiger partial charge in [0.1, 0.15) is 11.5 Å². The SMILES string of the molecule is Cc1ccc(CN(C)C(=O)CN2CC(C)OC(C)C2)o1. The molecule has 1 aromatic rings. The van der Waals surface area contributed by atoms with Gasteiger partial charge in [-0.3, -0.25) is 9.69 Å². The predicted molar refractivity (Wildman–Crippen MR) is 76.4 cm³/mol. The molecular weight excluding hydrogens is 256 g/mol. The van der Waals surface area contributed by atoms with Crippen LogP contribution in [0.15, 0.2) is 16.5 Å². The fourth-order valence-electron chi connectivity index (χ4n) is 2.62. The number of hydrogen-bond donors (Lipinski definition) is 0. The molecule has 20 heavy (non-hydrogen) atoms. The molecule has 1 aliphatic heterocycles. The van der Waals surface area contributed by atoms with Gasteiger partial charge in [0.2, 0.25) is 5.91 Å². The summed E-state index contributed by atoms with van der Waals surface area (Å²) in [4.78, 5) is 16.1. The number of furan rings is 1. The zero-order valence-corrected chi connectivity index (χ0v) is 12.8. The van der Waals surface area contributed by atoms with Crippen molar-refractivity contribution in [2.45, 2.75) is 39.5 Å². The van der Waals surface area contributed by atoms with Crippen molar-refractivity contribution < 1.29 is 13.9 Å². The van der Waals surface area contributed by atoms with Gasteiger partial charge in [0, 0.05) is 20.1 Å². The van der Waals surface area contributed by atoms with Crippen molar-refractivity contribution in [1.29, 1.82) is 0 Å². The standard InChI is InChI=1S/C15H24N2O3/c1-11-5-6-14(20-11)9-16(4)15(18)10-17-7-12(2)19-13(3)8-17/h5-6,12-13H,7-10H2,1-4H3. The molecule has 0 saturated carbocycles. The van der Waals surface area contributed by atoms with Gasteiger partial charge < -0.3 is 14.1 Å². The summed E-state index contributed by atoms with van der Waals surface area (Å²) in [5, 5.41) is 0. The second-order valence-electron chi connectivity index (χ2n) is 5.71. The monoisotopic (exact) mass is 280 g/mol. The van der Waals surface area contributed by atoms with Crippen LogP contribution in [0.1, 0.15) is 25.4 Å². The maximum absolute atomic E-state index is 12.2. The van der Waals surface area contributed by atoms with Crippen molar-refractivity contribution >= 4 is 5.91 Å². The van der Waals surface area contributed by atoms with Crippen molar-refractivity contribution in [3.63, 3.8) is 0 Å². The van der Waals surface area contributed by atoms with E-state index < -0.39 is 0 Å². The Morgan fingerprint density at radius 2 is 2.00 bits per heavy atom. The van der Waals surface area contributed by atoms with Crippen LogP contribution in [-0.2, 0) is 16.1 Å². The van der Waals surface area contributed by atoms with Crippen LogP contribution in [0.25, 0.3) is 0 Å². The van der Waals surface area contributed by atoms with Crippen LogP contribution in [0.2, 0.25) is 0 Å². The Morgan fingerprint density at radius 3 is 2.55 bits per heavy atom. The molecule has 0 aliphatic carbocycles. The minimum atomic E-state index is 0.111. The van der Waals surface area contributed by atoms with Gasteiger partial charge in [0.15, 0.2) is 0 Å². The third-order valence-electron chi connectivity index (χ3n) is 3.47. The van der Waals surface area contributed by atoms with Gasteiger partial charge >= 0.3 is 0 Å².